The summed E-state index contributed by atoms with van der Waals surface area (Å²) < 4.78 is 26.9. The first kappa shape index (κ1) is 122. The van der Waals surface area contributed by atoms with E-state index < -0.39 is 59.6 Å². The number of imide groups is 1. The molecule has 0 aliphatic carbocycles. The summed E-state index contributed by atoms with van der Waals surface area (Å²) >= 11 is 15.6. The summed E-state index contributed by atoms with van der Waals surface area (Å²) in [5.74, 6) is -3.98. The number of urea groups is 5. The van der Waals surface area contributed by atoms with Gasteiger partial charge in [0.1, 0.15) is 26.5 Å². The molecule has 45 nitrogen and oxygen atoms in total. The van der Waals surface area contributed by atoms with Crippen molar-refractivity contribution in [2.24, 2.45) is 5.92 Å². The Morgan fingerprint density at radius 3 is 1.07 bits per heavy atom. The maximum absolute atomic E-state index is 12.6. The maximum atomic E-state index is 12.6. The van der Waals surface area contributed by atoms with E-state index in [2.05, 4.69) is 93.3 Å². The van der Waals surface area contributed by atoms with Crippen LogP contribution in [-0.2, 0) is 90.6 Å². The van der Waals surface area contributed by atoms with Gasteiger partial charge in [-0.15, -0.1) is 17.9 Å². The summed E-state index contributed by atoms with van der Waals surface area (Å²) in [6.45, 7) is 2.44. The van der Waals surface area contributed by atoms with Gasteiger partial charge in [-0.25, -0.2) is 38.3 Å². The molecule has 3 radical (unpaired) electrons. The number of alkyl halides is 1. The van der Waals surface area contributed by atoms with Gasteiger partial charge in [0, 0.05) is 180 Å². The molecular formula is C89H140BBrN17O28S6. The number of terminal acetylenes is 1. The standard InChI is InChI=1S/C37H57N7O11S.C16H23N3O6S.C12H20N2O4S.C10H16N2O3S.C10H18N2O2S.C2H3BrO2.C2H2.B.HNS/c45-31(24-55-16-3-1-2-5-30-36-29(25-56-30)39-37(54)40-36)38-28-8-6-26(7-9-28)17-27-18-43(22-34(50)51)14-12-41(20-32(46)47)10-4-11-42(21-33(48)49)13-15-44(19-27)23-35(52)53;20-12-5-6-13(21)19(12)25-14(22)8-24-7-3-1-2-4-11-15-10(9-26-11)17-16(23)18-15;15-10(16)6-18-5-3-1-2-4-9-11-8(7-19-9)13-12(17)14-11;13-8(14)4-2-1-3-7-9-6(5-16-7)11-10(15)12-9;13-5-3-1-2-4-8-9-7(6-15-8)11-10(14)12-9;3-1-2(4)5;1-2;;1-2/h6-9,27,29-30,36H,1-5,10-25H2,(H,38,45)(H,46,47)(H,48,49)(H,50,51)(H,52,53)(H2,39,40,54);10-11,15H,1-9H2,(H2,17,18,23);8-9,11H,1-7H2,(H,15,16)(H2,13,14,17);6-7,9H,1-5H2,(H,13,14)(H2,11,12,15);7-9,13H,1-6H2,(H2,11,12,14);1H2,(H,4,5);1-2H;;1H/i;;;;;;1D;;. The van der Waals surface area contributed by atoms with Crippen LogP contribution in [0.15, 0.2) is 24.3 Å². The number of unbranched alkanes of at least 4 members (excludes halogenated alkanes) is 9. The molecule has 15 atom stereocenters. The third-order valence-electron chi connectivity index (χ3n) is 24.4. The Morgan fingerprint density at radius 2 is 0.746 bits per heavy atom. The lowest BCUT2D eigenvalue weighted by atomic mass is 9.97. The number of nitrogens with one attached hydrogen (secondary N) is 12. The number of fused-ring (bicyclic) bond motifs is 5. The zero-order chi connectivity index (χ0) is 104. The van der Waals surface area contributed by atoms with Crippen LogP contribution >= 0.6 is 74.7 Å². The van der Waals surface area contributed by atoms with Crippen molar-refractivity contribution in [3.63, 3.8) is 0 Å². The van der Waals surface area contributed by atoms with Gasteiger partial charge in [-0.2, -0.15) is 58.8 Å². The number of hydrogen-bond donors (Lipinski definition) is 20. The molecule has 12 aliphatic rings. The van der Waals surface area contributed by atoms with E-state index in [1.807, 2.05) is 70.9 Å². The monoisotopic (exact) mass is 2180 g/mol. The summed E-state index contributed by atoms with van der Waals surface area (Å²) in [4.78, 5) is 192. The van der Waals surface area contributed by atoms with Crippen LogP contribution in [-0.4, -0.2) is 415 Å². The first-order valence-corrected chi connectivity index (χ1v) is 54.3. The third kappa shape index (κ3) is 47.8. The van der Waals surface area contributed by atoms with Crippen molar-refractivity contribution in [2.75, 3.05) is 164 Å². The highest BCUT2D eigenvalue weighted by atomic mass is 79.9. The Kier molecular flexibility index (Phi) is 59.8. The number of benzene rings is 1. The number of amides is 13. The van der Waals surface area contributed by atoms with Crippen LogP contribution < -0.4 is 58.5 Å². The second-order valence-electron chi connectivity index (χ2n) is 35.3. The van der Waals surface area contributed by atoms with Gasteiger partial charge >= 0.3 is 77.9 Å². The van der Waals surface area contributed by atoms with Gasteiger partial charge < -0.3 is 118 Å². The normalized spacial score (nSPS) is 25.2. The molecule has 1 aromatic carbocycles. The molecule has 15 unspecified atom stereocenters. The number of aliphatic hydroxyl groups excluding tert-OH is 1. The summed E-state index contributed by atoms with van der Waals surface area (Å²) in [5, 5.41) is 107. The molecule has 795 valence electrons. The van der Waals surface area contributed by atoms with Crippen LogP contribution in [0.3, 0.4) is 0 Å². The summed E-state index contributed by atoms with van der Waals surface area (Å²) in [6.07, 6.45) is 25.8. The molecule has 142 heavy (non-hydrogen) atoms. The van der Waals surface area contributed by atoms with Crippen LogP contribution in [0.2, 0.25) is 0 Å². The van der Waals surface area contributed by atoms with Gasteiger partial charge in [-0.1, -0.05) is 85.9 Å². The average molecular weight is 2180 g/mol. The molecule has 20 N–H and O–H groups in total. The summed E-state index contributed by atoms with van der Waals surface area (Å²) in [6, 6.07) is 9.62. The van der Waals surface area contributed by atoms with Crippen LogP contribution in [0.4, 0.5) is 29.7 Å². The van der Waals surface area contributed by atoms with Crippen LogP contribution in [0.25, 0.3) is 0 Å². The first-order valence-electron chi connectivity index (χ1n) is 48.0. The number of carbonyl (C=O) groups is 16. The third-order valence-corrected chi connectivity index (χ3v) is 32.5. The average Bonchev–Trinajstić information content (AvgIpc) is 1.69. The van der Waals surface area contributed by atoms with Crippen molar-refractivity contribution in [3.05, 3.63) is 29.8 Å². The molecule has 1 aromatic rings. The van der Waals surface area contributed by atoms with Gasteiger partial charge in [0.15, 0.2) is 0 Å². The van der Waals surface area contributed by atoms with E-state index in [4.69, 9.17) is 45.6 Å². The Balaban J connectivity index is 0.000000340. The Morgan fingerprint density at radius 1 is 0.430 bits per heavy atom. The van der Waals surface area contributed by atoms with Crippen LogP contribution in [0, 0.1) is 23.5 Å². The zero-order valence-electron chi connectivity index (χ0n) is 80.7. The molecule has 13 rings (SSSR count). The van der Waals surface area contributed by atoms with Crippen molar-refractivity contribution in [1.82, 2.24) is 77.8 Å². The van der Waals surface area contributed by atoms with Gasteiger partial charge in [0.25, 0.3) is 11.8 Å². The second-order valence-corrected chi connectivity index (χ2v) is 42.2. The molecule has 12 saturated heterocycles. The Labute approximate surface area is 865 Å². The van der Waals surface area contributed by atoms with E-state index in [-0.39, 0.29) is 203 Å². The van der Waals surface area contributed by atoms with E-state index in [1.165, 1.54) is 6.40 Å². The number of aliphatic hydroxyl groups is 1. The number of carboxylic acid groups (broad SMARTS) is 7. The largest absolute Gasteiger partial charge is 0.481 e. The van der Waals surface area contributed by atoms with E-state index in [0.717, 1.165) is 156 Å². The molecule has 0 spiro atoms. The molecule has 12 heterocycles. The predicted molar refractivity (Wildman–Crippen MR) is 542 cm³/mol. The summed E-state index contributed by atoms with van der Waals surface area (Å²) in [7, 11) is 0. The van der Waals surface area contributed by atoms with E-state index >= 15 is 0 Å². The van der Waals surface area contributed by atoms with Gasteiger partial charge in [0.05, 0.1) is 86.6 Å². The minimum atomic E-state index is -1.04. The van der Waals surface area contributed by atoms with Crippen molar-refractivity contribution in [2.45, 2.75) is 241 Å². The topological polar surface area (TPSA) is 644 Å². The van der Waals surface area contributed by atoms with Gasteiger partial charge in [0.2, 0.25) is 5.91 Å². The zero-order valence-corrected chi connectivity index (χ0v) is 86.1. The van der Waals surface area contributed by atoms with E-state index in [9.17, 15) is 97.1 Å². The number of halogens is 1. The fourth-order valence-corrected chi connectivity index (χ4v) is 25.7. The highest BCUT2D eigenvalue weighted by molar-refractivity contribution is 9.09. The van der Waals surface area contributed by atoms with Crippen molar-refractivity contribution >= 4 is 197 Å². The lowest BCUT2D eigenvalue weighted by Gasteiger charge is -2.34. The smallest absolute Gasteiger partial charge is 0.358 e. The molecule has 12 aliphatic heterocycles. The summed E-state index contributed by atoms with van der Waals surface area (Å²) in [5.41, 5.74) is 1.46. The fraction of sp³-hybridized carbons (Fsp3) is 0.730. The van der Waals surface area contributed by atoms with E-state index in [0.29, 0.717) is 107 Å². The number of carbonyl (C=O) groups excluding carboxylic acids is 9. The molecule has 13 amide bonds. The number of anilines is 1. The van der Waals surface area contributed by atoms with E-state index in [1.54, 1.807) is 31.7 Å². The molecular weight excluding hydrogens is 2040 g/mol. The highest BCUT2D eigenvalue weighted by Gasteiger charge is 2.47. The number of hydroxylamine groups is 2. The Hall–Kier alpha value is -8.51. The quantitative estimate of drug-likeness (QED) is 0.0110. The second kappa shape index (κ2) is 69.5. The number of rotatable bonds is 47. The number of nitrogens with zero attached hydrogens (tertiary/aromatic N) is 5. The maximum Gasteiger partial charge on any atom is 0.358 e. The molecule has 0 aromatic heterocycles. The SMILES string of the molecule is N=S.O=C(O)CBr.O=C(O)CCCCC1SCC2NC(=O)NC21.O=C(O)CN1CCCN(CC(=O)O)CCN(CC(=O)O)CC(Cc2ccc(NC(=O)COCCCCCC3SCC4NC(=O)NC43)cc2)CN(CC(=O)O)CC1.O=C(O)COCCCCCC1SCC2NC(=O)NC21.O=C1NC2CSC(CCCCCO)C2N1.O=C1NC2CSC(CCCCCOCC(=O)ON3C(=O)CCC3=O)C2N1.[2H]C#C.[B]. The number of carboxylic acids is 7. The van der Waals surface area contributed by atoms with Gasteiger partial charge in [-0.3, -0.25) is 62.8 Å². The molecule has 0 saturated carbocycles. The van der Waals surface area contributed by atoms with Crippen molar-refractivity contribution in [1.29, 1.82) is 4.78 Å². The predicted octanol–water partition coefficient (Wildman–Crippen LogP) is 3.76. The minimum Gasteiger partial charge on any atom is -0.481 e. The van der Waals surface area contributed by atoms with Gasteiger partial charge in [-0.05, 0) is 101 Å². The number of thioether (sulfide) groups is 5. The molecule has 12 fully saturated rings. The molecule has 0 bridgehead atoms. The highest BCUT2D eigenvalue weighted by Crippen LogP contribution is 2.38. The van der Waals surface area contributed by atoms with Crippen LogP contribution in [0.1, 0.15) is 155 Å². The minimum absolute atomic E-state index is 0. The first-order chi connectivity index (χ1) is 68.2. The Bertz CT molecular complexity index is 4170. The van der Waals surface area contributed by atoms with Crippen molar-refractivity contribution < 1.29 is 138 Å². The fourth-order valence-electron chi connectivity index (χ4n) is 17.9. The lowest BCUT2D eigenvalue weighted by Crippen LogP contribution is -2.47. The number of ether oxygens (including phenoxy) is 3. The van der Waals surface area contributed by atoms with Crippen LogP contribution in [0.5, 0.6) is 0 Å². The lowest BCUT2D eigenvalue weighted by molar-refractivity contribution is -0.200. The number of hydrogen-bond acceptors (Lipinski definition) is 32. The van der Waals surface area contributed by atoms with Crippen molar-refractivity contribution in [3.8, 4) is 12.8 Å². The molecule has 53 heteroatoms. The number of aliphatic carboxylic acids is 7.